The molecule has 7 nitrogen and oxygen atoms in total. The van der Waals surface area contributed by atoms with Gasteiger partial charge in [0.15, 0.2) is 0 Å². The van der Waals surface area contributed by atoms with Crippen LogP contribution in [0.5, 0.6) is 0 Å². The molecule has 2 saturated heterocycles. The van der Waals surface area contributed by atoms with Gasteiger partial charge in [0.05, 0.1) is 13.2 Å². The van der Waals surface area contributed by atoms with E-state index in [-0.39, 0.29) is 30.3 Å². The first kappa shape index (κ1) is 12.8. The second kappa shape index (κ2) is 4.56. The van der Waals surface area contributed by atoms with Gasteiger partial charge in [-0.3, -0.25) is 14.5 Å². The summed E-state index contributed by atoms with van der Waals surface area (Å²) in [4.78, 5) is 36.9. The SMILES string of the molecule is CN1CC(=O)N(CC(=O)NCC2(C)COC2)C1=O. The zero-order chi connectivity index (χ0) is 13.3. The number of nitrogens with zero attached hydrogens (tertiary/aromatic N) is 2. The number of imide groups is 1. The van der Waals surface area contributed by atoms with E-state index in [2.05, 4.69) is 5.32 Å². The molecule has 0 unspecified atom stereocenters. The number of rotatable bonds is 4. The van der Waals surface area contributed by atoms with E-state index >= 15 is 0 Å². The van der Waals surface area contributed by atoms with Crippen molar-refractivity contribution < 1.29 is 19.1 Å². The van der Waals surface area contributed by atoms with Gasteiger partial charge in [0.25, 0.3) is 5.91 Å². The van der Waals surface area contributed by atoms with Crippen molar-refractivity contribution >= 4 is 17.8 Å². The molecule has 2 heterocycles. The number of likely N-dealkylation sites (N-methyl/N-ethyl adjacent to an activating group) is 1. The normalized spacial score (nSPS) is 22.1. The molecule has 18 heavy (non-hydrogen) atoms. The second-order valence-corrected chi connectivity index (χ2v) is 5.20. The Bertz CT molecular complexity index is 392. The Morgan fingerprint density at radius 2 is 2.11 bits per heavy atom. The van der Waals surface area contributed by atoms with Crippen molar-refractivity contribution in [1.29, 1.82) is 0 Å². The number of carbonyl (C=O) groups excluding carboxylic acids is 3. The topological polar surface area (TPSA) is 79.0 Å². The van der Waals surface area contributed by atoms with Crippen LogP contribution in [0.15, 0.2) is 0 Å². The highest BCUT2D eigenvalue weighted by Gasteiger charge is 2.36. The summed E-state index contributed by atoms with van der Waals surface area (Å²) < 4.78 is 5.08. The molecule has 0 radical (unpaired) electrons. The number of urea groups is 1. The Hall–Kier alpha value is -1.63. The molecule has 0 aromatic carbocycles. The molecule has 1 N–H and O–H groups in total. The van der Waals surface area contributed by atoms with Crippen molar-refractivity contribution in [2.45, 2.75) is 6.92 Å². The Kier molecular flexibility index (Phi) is 3.25. The Morgan fingerprint density at radius 1 is 1.44 bits per heavy atom. The van der Waals surface area contributed by atoms with Gasteiger partial charge in [-0.1, -0.05) is 6.92 Å². The highest BCUT2D eigenvalue weighted by Crippen LogP contribution is 2.24. The van der Waals surface area contributed by atoms with Gasteiger partial charge in [-0.2, -0.15) is 0 Å². The average Bonchev–Trinajstić information content (AvgIpc) is 2.51. The molecular weight excluding hydrogens is 238 g/mol. The predicted octanol–water partition coefficient (Wildman–Crippen LogP) is -0.967. The first-order valence-electron chi connectivity index (χ1n) is 5.81. The van der Waals surface area contributed by atoms with Crippen LogP contribution in [0.2, 0.25) is 0 Å². The second-order valence-electron chi connectivity index (χ2n) is 5.20. The number of amides is 4. The standard InChI is InChI=1S/C11H17N3O4/c1-11(6-18-7-11)5-12-8(15)3-14-9(16)4-13(2)10(14)17/h3-7H2,1-2H3,(H,12,15). The van der Waals surface area contributed by atoms with E-state index in [0.717, 1.165) is 4.90 Å². The van der Waals surface area contributed by atoms with Gasteiger partial charge >= 0.3 is 6.03 Å². The summed E-state index contributed by atoms with van der Waals surface area (Å²) in [5.74, 6) is -0.657. The summed E-state index contributed by atoms with van der Waals surface area (Å²) in [6, 6.07) is -0.423. The molecule has 2 aliphatic rings. The summed E-state index contributed by atoms with van der Waals surface area (Å²) >= 11 is 0. The molecule has 100 valence electrons. The monoisotopic (exact) mass is 255 g/mol. The lowest BCUT2D eigenvalue weighted by atomic mass is 9.89. The third kappa shape index (κ3) is 2.45. The fraction of sp³-hybridized carbons (Fsp3) is 0.727. The molecule has 7 heteroatoms. The van der Waals surface area contributed by atoms with Crippen LogP contribution in [-0.4, -0.2) is 67.5 Å². The molecular formula is C11H17N3O4. The lowest BCUT2D eigenvalue weighted by molar-refractivity contribution is -0.133. The Morgan fingerprint density at radius 3 is 2.56 bits per heavy atom. The minimum absolute atomic E-state index is 0.0223. The summed E-state index contributed by atoms with van der Waals surface area (Å²) in [5.41, 5.74) is -0.0223. The van der Waals surface area contributed by atoms with Gasteiger partial charge in [0.1, 0.15) is 13.1 Å². The summed E-state index contributed by atoms with van der Waals surface area (Å²) in [6.45, 7) is 3.58. The van der Waals surface area contributed by atoms with Crippen LogP contribution in [0.3, 0.4) is 0 Å². The third-order valence-electron chi connectivity index (χ3n) is 3.15. The third-order valence-corrected chi connectivity index (χ3v) is 3.15. The lowest BCUT2D eigenvalue weighted by Gasteiger charge is -2.38. The molecule has 2 fully saturated rings. The van der Waals surface area contributed by atoms with Crippen LogP contribution in [0.4, 0.5) is 4.79 Å². The van der Waals surface area contributed by atoms with Crippen LogP contribution in [0.25, 0.3) is 0 Å². The smallest absolute Gasteiger partial charge is 0.327 e. The highest BCUT2D eigenvalue weighted by molar-refractivity contribution is 6.04. The molecule has 0 aromatic heterocycles. The van der Waals surface area contributed by atoms with E-state index in [1.54, 1.807) is 0 Å². The first-order chi connectivity index (χ1) is 8.41. The number of ether oxygens (including phenoxy) is 1. The van der Waals surface area contributed by atoms with Crippen molar-refractivity contribution in [1.82, 2.24) is 15.1 Å². The van der Waals surface area contributed by atoms with Crippen molar-refractivity contribution in [3.8, 4) is 0 Å². The predicted molar refractivity (Wildman–Crippen MR) is 61.7 cm³/mol. The first-order valence-corrected chi connectivity index (χ1v) is 5.81. The zero-order valence-corrected chi connectivity index (χ0v) is 10.6. The zero-order valence-electron chi connectivity index (χ0n) is 10.6. The van der Waals surface area contributed by atoms with E-state index in [9.17, 15) is 14.4 Å². The maximum Gasteiger partial charge on any atom is 0.327 e. The van der Waals surface area contributed by atoms with Crippen LogP contribution in [0.1, 0.15) is 6.92 Å². The number of carbonyl (C=O) groups is 3. The molecule has 2 aliphatic heterocycles. The van der Waals surface area contributed by atoms with Crippen molar-refractivity contribution in [2.75, 3.05) is 39.9 Å². The maximum atomic E-state index is 11.7. The number of hydrogen-bond donors (Lipinski definition) is 1. The van der Waals surface area contributed by atoms with Gasteiger partial charge in [-0.15, -0.1) is 0 Å². The van der Waals surface area contributed by atoms with E-state index in [4.69, 9.17) is 4.74 Å². The summed E-state index contributed by atoms with van der Waals surface area (Å²) in [7, 11) is 1.53. The van der Waals surface area contributed by atoms with Crippen LogP contribution >= 0.6 is 0 Å². The van der Waals surface area contributed by atoms with E-state index < -0.39 is 6.03 Å². The summed E-state index contributed by atoms with van der Waals surface area (Å²) in [6.07, 6.45) is 0. The van der Waals surface area contributed by atoms with Gasteiger partial charge in [-0.05, 0) is 0 Å². The van der Waals surface area contributed by atoms with Gasteiger partial charge in [-0.25, -0.2) is 4.79 Å². The quantitative estimate of drug-likeness (QED) is 0.656. The molecule has 2 rings (SSSR count). The van der Waals surface area contributed by atoms with Crippen LogP contribution in [-0.2, 0) is 14.3 Å². The molecule has 0 bridgehead atoms. The number of hydrogen-bond acceptors (Lipinski definition) is 4. The van der Waals surface area contributed by atoms with Crippen molar-refractivity contribution in [2.24, 2.45) is 5.41 Å². The molecule has 0 aromatic rings. The summed E-state index contributed by atoms with van der Waals surface area (Å²) in [5, 5.41) is 2.72. The molecule has 0 spiro atoms. The number of nitrogens with one attached hydrogen (secondary N) is 1. The maximum absolute atomic E-state index is 11.7. The Balaban J connectivity index is 1.80. The average molecular weight is 255 g/mol. The Labute approximate surface area is 105 Å². The fourth-order valence-corrected chi connectivity index (χ4v) is 1.89. The van der Waals surface area contributed by atoms with Gasteiger partial charge < -0.3 is 15.0 Å². The van der Waals surface area contributed by atoms with Crippen molar-refractivity contribution in [3.05, 3.63) is 0 Å². The van der Waals surface area contributed by atoms with Crippen LogP contribution in [0, 0.1) is 5.41 Å². The molecule has 0 atom stereocenters. The minimum atomic E-state index is -0.423. The van der Waals surface area contributed by atoms with E-state index in [0.29, 0.717) is 19.8 Å². The highest BCUT2D eigenvalue weighted by atomic mass is 16.5. The van der Waals surface area contributed by atoms with Gasteiger partial charge in [0.2, 0.25) is 5.91 Å². The van der Waals surface area contributed by atoms with Crippen molar-refractivity contribution in [3.63, 3.8) is 0 Å². The molecule has 0 aliphatic carbocycles. The fourth-order valence-electron chi connectivity index (χ4n) is 1.89. The van der Waals surface area contributed by atoms with E-state index in [1.807, 2.05) is 6.92 Å². The molecule has 4 amide bonds. The van der Waals surface area contributed by atoms with E-state index in [1.165, 1.54) is 11.9 Å². The van der Waals surface area contributed by atoms with Crippen LogP contribution < -0.4 is 5.32 Å². The lowest BCUT2D eigenvalue weighted by Crippen LogP contribution is -2.50. The molecule has 0 saturated carbocycles. The largest absolute Gasteiger partial charge is 0.380 e. The van der Waals surface area contributed by atoms with Gasteiger partial charge in [0, 0.05) is 19.0 Å². The minimum Gasteiger partial charge on any atom is -0.380 e.